The average molecular weight is 559 g/mol. The molecule has 200 valence electrons. The van der Waals surface area contributed by atoms with Crippen molar-refractivity contribution in [3.63, 3.8) is 0 Å². The van der Waals surface area contributed by atoms with Crippen LogP contribution in [0.15, 0.2) is 137 Å². The lowest BCUT2D eigenvalue weighted by atomic mass is 9.96. The van der Waals surface area contributed by atoms with Gasteiger partial charge < -0.3 is 10.2 Å². The number of benzene rings is 6. The van der Waals surface area contributed by atoms with Gasteiger partial charge in [0.2, 0.25) is 5.88 Å². The standard InChI is InChI=1S/C38H26N2OS/c1-23(40-36-35-29-14-3-2-9-24(29)19-20-33(35)41-38(36)39)25-10-6-11-26(21-25)27-12-7-13-28(22-27)30-16-8-17-32-31-15-4-5-18-34(31)42-37(30)32/h2-22H,39H2,1H3/b40-23+. The van der Waals surface area contributed by atoms with Crippen molar-refractivity contribution in [1.29, 1.82) is 0 Å². The molecule has 8 aromatic rings. The molecule has 3 nitrogen and oxygen atoms in total. The molecular weight excluding hydrogens is 532 g/mol. The smallest absolute Gasteiger partial charge is 0.217 e. The molecule has 8 rings (SSSR count). The Morgan fingerprint density at radius 2 is 1.38 bits per heavy atom. The molecule has 0 aliphatic carbocycles. The summed E-state index contributed by atoms with van der Waals surface area (Å²) < 4.78 is 8.55. The summed E-state index contributed by atoms with van der Waals surface area (Å²) >= 11 is 1.86. The molecule has 42 heavy (non-hydrogen) atoms. The number of nitrogens with two attached hydrogens (primary N) is 1. The Kier molecular flexibility index (Phi) is 5.69. The zero-order valence-electron chi connectivity index (χ0n) is 23.0. The van der Waals surface area contributed by atoms with Gasteiger partial charge in [-0.05, 0) is 69.8 Å². The van der Waals surface area contributed by atoms with E-state index in [1.54, 1.807) is 0 Å². The zero-order chi connectivity index (χ0) is 28.2. The minimum absolute atomic E-state index is 0.333. The van der Waals surface area contributed by atoms with Crippen LogP contribution in [0.4, 0.5) is 11.6 Å². The molecule has 0 bridgehead atoms. The first-order valence-corrected chi connectivity index (χ1v) is 14.8. The second kappa shape index (κ2) is 9.72. The summed E-state index contributed by atoms with van der Waals surface area (Å²) in [7, 11) is 0. The summed E-state index contributed by atoms with van der Waals surface area (Å²) in [6, 6.07) is 44.9. The molecule has 0 aliphatic rings. The number of fused-ring (bicyclic) bond motifs is 6. The fourth-order valence-corrected chi connectivity index (χ4v) is 7.22. The van der Waals surface area contributed by atoms with Gasteiger partial charge in [-0.3, -0.25) is 0 Å². The number of thiophene rings is 1. The van der Waals surface area contributed by atoms with E-state index in [4.69, 9.17) is 15.1 Å². The van der Waals surface area contributed by atoms with Crippen LogP contribution in [0.2, 0.25) is 0 Å². The maximum Gasteiger partial charge on any atom is 0.217 e. The molecule has 0 aliphatic heterocycles. The molecule has 0 amide bonds. The van der Waals surface area contributed by atoms with Gasteiger partial charge in [0.15, 0.2) is 0 Å². The van der Waals surface area contributed by atoms with E-state index in [0.29, 0.717) is 11.6 Å². The first-order chi connectivity index (χ1) is 20.6. The third kappa shape index (κ3) is 3.99. The Morgan fingerprint density at radius 3 is 2.29 bits per heavy atom. The maximum absolute atomic E-state index is 6.35. The van der Waals surface area contributed by atoms with Crippen molar-refractivity contribution in [3.8, 4) is 22.3 Å². The van der Waals surface area contributed by atoms with Crippen molar-refractivity contribution < 1.29 is 4.42 Å². The molecule has 6 aromatic carbocycles. The minimum Gasteiger partial charge on any atom is -0.439 e. The molecule has 0 fully saturated rings. The van der Waals surface area contributed by atoms with Crippen LogP contribution < -0.4 is 5.73 Å². The summed E-state index contributed by atoms with van der Waals surface area (Å²) in [6.07, 6.45) is 0. The van der Waals surface area contributed by atoms with Crippen LogP contribution in [0.3, 0.4) is 0 Å². The van der Waals surface area contributed by atoms with Gasteiger partial charge in [0.25, 0.3) is 0 Å². The summed E-state index contributed by atoms with van der Waals surface area (Å²) in [5.41, 5.74) is 14.5. The highest BCUT2D eigenvalue weighted by Gasteiger charge is 2.16. The number of hydrogen-bond acceptors (Lipinski definition) is 4. The average Bonchev–Trinajstić information content (AvgIpc) is 3.58. The van der Waals surface area contributed by atoms with Gasteiger partial charge in [-0.15, -0.1) is 11.3 Å². The molecule has 0 radical (unpaired) electrons. The lowest BCUT2D eigenvalue weighted by Gasteiger charge is -2.09. The number of nitrogen functional groups attached to an aromatic ring is 1. The third-order valence-electron chi connectivity index (χ3n) is 8.05. The lowest BCUT2D eigenvalue weighted by molar-refractivity contribution is 0.638. The lowest BCUT2D eigenvalue weighted by Crippen LogP contribution is -1.95. The maximum atomic E-state index is 6.35. The van der Waals surface area contributed by atoms with Gasteiger partial charge in [0.05, 0.1) is 5.39 Å². The van der Waals surface area contributed by atoms with E-state index in [1.165, 1.54) is 36.9 Å². The van der Waals surface area contributed by atoms with E-state index in [0.717, 1.165) is 38.6 Å². The Labute approximate surface area is 247 Å². The Bertz CT molecular complexity index is 2340. The minimum atomic E-state index is 0.333. The van der Waals surface area contributed by atoms with Crippen LogP contribution in [0, 0.1) is 0 Å². The second-order valence-electron chi connectivity index (χ2n) is 10.6. The van der Waals surface area contributed by atoms with Gasteiger partial charge in [-0.1, -0.05) is 103 Å². The molecule has 4 heteroatoms. The zero-order valence-corrected chi connectivity index (χ0v) is 23.8. The van der Waals surface area contributed by atoms with Gasteiger partial charge in [0, 0.05) is 25.9 Å². The number of anilines is 1. The van der Waals surface area contributed by atoms with Crippen molar-refractivity contribution in [1.82, 2.24) is 0 Å². The quantitative estimate of drug-likeness (QED) is 0.218. The topological polar surface area (TPSA) is 51.5 Å². The molecule has 0 spiro atoms. The molecule has 0 unspecified atom stereocenters. The summed E-state index contributed by atoms with van der Waals surface area (Å²) in [6.45, 7) is 2.03. The molecule has 0 atom stereocenters. The predicted molar refractivity (Wildman–Crippen MR) is 180 cm³/mol. The van der Waals surface area contributed by atoms with Crippen molar-refractivity contribution in [2.75, 3.05) is 5.73 Å². The first kappa shape index (κ1) is 24.6. The van der Waals surface area contributed by atoms with Crippen molar-refractivity contribution in [2.24, 2.45) is 4.99 Å². The largest absolute Gasteiger partial charge is 0.439 e. The molecule has 2 heterocycles. The number of rotatable bonds is 4. The summed E-state index contributed by atoms with van der Waals surface area (Å²) in [5.74, 6) is 0.333. The van der Waals surface area contributed by atoms with E-state index in [2.05, 4.69) is 109 Å². The summed E-state index contributed by atoms with van der Waals surface area (Å²) in [4.78, 5) is 5.02. The second-order valence-corrected chi connectivity index (χ2v) is 11.7. The Morgan fingerprint density at radius 1 is 0.667 bits per heavy atom. The highest BCUT2D eigenvalue weighted by Crippen LogP contribution is 2.42. The van der Waals surface area contributed by atoms with E-state index in [1.807, 2.05) is 36.5 Å². The number of hydrogen-bond donors (Lipinski definition) is 1. The predicted octanol–water partition coefficient (Wildman–Crippen LogP) is 11.0. The highest BCUT2D eigenvalue weighted by atomic mass is 32.1. The van der Waals surface area contributed by atoms with Crippen LogP contribution in [0.25, 0.3) is 64.2 Å². The van der Waals surface area contributed by atoms with E-state index in [-0.39, 0.29) is 0 Å². The van der Waals surface area contributed by atoms with Crippen molar-refractivity contribution in [3.05, 3.63) is 133 Å². The number of furan rings is 1. The van der Waals surface area contributed by atoms with Crippen molar-refractivity contribution >= 4 is 70.5 Å². The molecule has 0 saturated heterocycles. The SMILES string of the molecule is C/C(=N\c1c(N)oc2ccc3ccccc3c12)c1cccc(-c2cccc(-c3cccc4c3sc3ccccc34)c2)c1. The van der Waals surface area contributed by atoms with Crippen LogP contribution in [-0.4, -0.2) is 5.71 Å². The molecule has 2 N–H and O–H groups in total. The van der Waals surface area contributed by atoms with E-state index in [9.17, 15) is 0 Å². The van der Waals surface area contributed by atoms with Crippen LogP contribution in [0.5, 0.6) is 0 Å². The van der Waals surface area contributed by atoms with Crippen LogP contribution in [-0.2, 0) is 0 Å². The van der Waals surface area contributed by atoms with Crippen LogP contribution in [0.1, 0.15) is 12.5 Å². The van der Waals surface area contributed by atoms with E-state index < -0.39 is 0 Å². The molecular formula is C38H26N2OS. The highest BCUT2D eigenvalue weighted by molar-refractivity contribution is 7.26. The fraction of sp³-hybridized carbons (Fsp3) is 0.0263. The Balaban J connectivity index is 1.20. The van der Waals surface area contributed by atoms with E-state index >= 15 is 0 Å². The summed E-state index contributed by atoms with van der Waals surface area (Å²) in [5, 5.41) is 5.79. The van der Waals surface area contributed by atoms with Gasteiger partial charge in [-0.25, -0.2) is 4.99 Å². The van der Waals surface area contributed by atoms with Gasteiger partial charge >= 0.3 is 0 Å². The fourth-order valence-electron chi connectivity index (χ4n) is 5.98. The van der Waals surface area contributed by atoms with Gasteiger partial charge in [0.1, 0.15) is 11.3 Å². The van der Waals surface area contributed by atoms with Crippen molar-refractivity contribution in [2.45, 2.75) is 6.92 Å². The van der Waals surface area contributed by atoms with Crippen LogP contribution >= 0.6 is 11.3 Å². The molecule has 0 saturated carbocycles. The number of nitrogens with zero attached hydrogens (tertiary/aromatic N) is 1. The first-order valence-electron chi connectivity index (χ1n) is 14.0. The van der Waals surface area contributed by atoms with Gasteiger partial charge in [-0.2, -0.15) is 0 Å². The number of aliphatic imine (C=N–C) groups is 1. The third-order valence-corrected chi connectivity index (χ3v) is 9.27. The Hall–Kier alpha value is -5.19. The molecule has 2 aromatic heterocycles. The monoisotopic (exact) mass is 558 g/mol. The normalized spacial score (nSPS) is 12.2.